The minimum Gasteiger partial charge on any atom is -0.496 e. The Balaban J connectivity index is 1.93. The van der Waals surface area contributed by atoms with E-state index in [9.17, 15) is 5.26 Å². The van der Waals surface area contributed by atoms with Gasteiger partial charge in [0.15, 0.2) is 0 Å². The molecule has 1 aliphatic heterocycles. The summed E-state index contributed by atoms with van der Waals surface area (Å²) in [6.07, 6.45) is 0. The van der Waals surface area contributed by atoms with Gasteiger partial charge in [-0.25, -0.2) is 4.68 Å². The van der Waals surface area contributed by atoms with E-state index in [1.165, 1.54) is 0 Å². The number of allylic oxidation sites excluding steroid dienone is 1. The number of rotatable bonds is 3. The van der Waals surface area contributed by atoms with E-state index in [-0.39, 0.29) is 11.8 Å². The van der Waals surface area contributed by atoms with Crippen molar-refractivity contribution in [2.24, 2.45) is 5.73 Å². The molecule has 0 saturated heterocycles. The summed E-state index contributed by atoms with van der Waals surface area (Å²) < 4.78 is 13.8. The smallest absolute Gasteiger partial charge is 0.229 e. The van der Waals surface area contributed by atoms with Crippen LogP contribution in [0.15, 0.2) is 58.4 Å². The van der Waals surface area contributed by atoms with E-state index < -0.39 is 0 Å². The van der Waals surface area contributed by atoms with Crippen molar-refractivity contribution in [3.63, 3.8) is 0 Å². The maximum absolute atomic E-state index is 9.80. The first-order valence-electron chi connectivity index (χ1n) is 9.02. The fraction of sp³-hybridized carbons (Fsp3) is 0.182. The van der Waals surface area contributed by atoms with Crippen LogP contribution in [0.5, 0.6) is 11.6 Å². The average Bonchev–Trinajstić information content (AvgIpc) is 3.03. The largest absolute Gasteiger partial charge is 0.496 e. The number of nitrogens with two attached hydrogens (primary N) is 1. The molecule has 0 bridgehead atoms. The number of ether oxygens (including phenoxy) is 2. The molecule has 7 heteroatoms. The second kappa shape index (κ2) is 7.30. The Bertz CT molecular complexity index is 1170. The van der Waals surface area contributed by atoms with Crippen LogP contribution in [0.2, 0.25) is 0 Å². The van der Waals surface area contributed by atoms with Crippen LogP contribution >= 0.6 is 15.9 Å². The molecule has 1 atom stereocenters. The van der Waals surface area contributed by atoms with Crippen molar-refractivity contribution in [2.45, 2.75) is 19.8 Å². The van der Waals surface area contributed by atoms with Crippen LogP contribution in [0.1, 0.15) is 28.3 Å². The van der Waals surface area contributed by atoms with Crippen molar-refractivity contribution in [3.05, 3.63) is 80.8 Å². The lowest BCUT2D eigenvalue weighted by Gasteiger charge is -2.25. The summed E-state index contributed by atoms with van der Waals surface area (Å²) in [6, 6.07) is 15.9. The van der Waals surface area contributed by atoms with Crippen molar-refractivity contribution < 1.29 is 9.47 Å². The summed E-state index contributed by atoms with van der Waals surface area (Å²) in [5, 5.41) is 14.5. The van der Waals surface area contributed by atoms with Crippen molar-refractivity contribution in [1.82, 2.24) is 9.78 Å². The van der Waals surface area contributed by atoms with Gasteiger partial charge in [-0.2, -0.15) is 10.4 Å². The van der Waals surface area contributed by atoms with E-state index in [0.29, 0.717) is 17.2 Å². The number of nitrogens with zero attached hydrogens (tertiary/aromatic N) is 3. The van der Waals surface area contributed by atoms with Gasteiger partial charge in [-0.1, -0.05) is 23.8 Å². The van der Waals surface area contributed by atoms with Crippen molar-refractivity contribution >= 4 is 15.9 Å². The highest BCUT2D eigenvalue weighted by atomic mass is 79.9. The number of aromatic nitrogens is 2. The van der Waals surface area contributed by atoms with Gasteiger partial charge >= 0.3 is 0 Å². The Morgan fingerprint density at radius 2 is 1.93 bits per heavy atom. The molecule has 2 heterocycles. The normalized spacial score (nSPS) is 15.5. The Hall–Kier alpha value is -3.24. The van der Waals surface area contributed by atoms with Gasteiger partial charge in [-0.3, -0.25) is 0 Å². The van der Waals surface area contributed by atoms with E-state index in [4.69, 9.17) is 20.3 Å². The molecule has 0 saturated carbocycles. The molecule has 0 aliphatic carbocycles. The predicted molar refractivity (Wildman–Crippen MR) is 113 cm³/mol. The maximum atomic E-state index is 9.80. The highest BCUT2D eigenvalue weighted by Gasteiger charge is 2.36. The third-order valence-electron chi connectivity index (χ3n) is 5.02. The molecule has 0 fully saturated rings. The molecule has 1 aliphatic rings. The first-order chi connectivity index (χ1) is 13.9. The Morgan fingerprint density at radius 1 is 1.21 bits per heavy atom. The first kappa shape index (κ1) is 19.1. The second-order valence-electron chi connectivity index (χ2n) is 6.87. The molecule has 2 N–H and O–H groups in total. The zero-order chi connectivity index (χ0) is 20.7. The molecule has 0 radical (unpaired) electrons. The van der Waals surface area contributed by atoms with Gasteiger partial charge in [0.25, 0.3) is 0 Å². The van der Waals surface area contributed by atoms with Crippen LogP contribution in [0.25, 0.3) is 5.69 Å². The lowest BCUT2D eigenvalue weighted by atomic mass is 9.84. The molecule has 0 spiro atoms. The number of hydrogen-bond acceptors (Lipinski definition) is 5. The van der Waals surface area contributed by atoms with Gasteiger partial charge in [0.1, 0.15) is 17.4 Å². The van der Waals surface area contributed by atoms with Crippen LogP contribution < -0.4 is 15.2 Å². The van der Waals surface area contributed by atoms with E-state index >= 15 is 0 Å². The molecular formula is C22H19BrN4O2. The second-order valence-corrected chi connectivity index (χ2v) is 7.72. The molecule has 2 aromatic carbocycles. The lowest BCUT2D eigenvalue weighted by molar-refractivity contribution is 0.367. The quantitative estimate of drug-likeness (QED) is 0.635. The number of methoxy groups -OCH3 is 1. The lowest BCUT2D eigenvalue weighted by Crippen LogP contribution is -2.22. The average molecular weight is 451 g/mol. The van der Waals surface area contributed by atoms with Gasteiger partial charge < -0.3 is 15.2 Å². The summed E-state index contributed by atoms with van der Waals surface area (Å²) in [5.74, 6) is 0.943. The fourth-order valence-electron chi connectivity index (χ4n) is 3.57. The Morgan fingerprint density at radius 3 is 2.55 bits per heavy atom. The molecule has 146 valence electrons. The van der Waals surface area contributed by atoms with Crippen LogP contribution in [0.4, 0.5) is 0 Å². The standard InChI is InChI=1S/C22H19BrN4O2/c1-12-4-7-15(8-5-12)27-22-19(13(2)26-27)20(16(11-24)21(25)29-22)14-6-9-18(28-3)17(23)10-14/h4-10,20H,25H2,1-3H3. The summed E-state index contributed by atoms with van der Waals surface area (Å²) in [6.45, 7) is 3.94. The molecule has 1 unspecified atom stereocenters. The predicted octanol–water partition coefficient (Wildman–Crippen LogP) is 4.48. The number of benzene rings is 2. The van der Waals surface area contributed by atoms with Crippen LogP contribution in [0, 0.1) is 25.2 Å². The number of aryl methyl sites for hydroxylation is 2. The minimum atomic E-state index is -0.384. The van der Waals surface area contributed by atoms with Crippen molar-refractivity contribution in [1.29, 1.82) is 5.26 Å². The number of hydrogen-bond donors (Lipinski definition) is 1. The van der Waals surface area contributed by atoms with Gasteiger partial charge in [0, 0.05) is 0 Å². The molecule has 4 rings (SSSR count). The van der Waals surface area contributed by atoms with Gasteiger partial charge in [0.2, 0.25) is 11.8 Å². The van der Waals surface area contributed by atoms with Crippen LogP contribution in [0.3, 0.4) is 0 Å². The Kier molecular flexibility index (Phi) is 4.81. The summed E-state index contributed by atoms with van der Waals surface area (Å²) in [7, 11) is 1.61. The molecule has 3 aromatic rings. The van der Waals surface area contributed by atoms with Crippen molar-refractivity contribution in [3.8, 4) is 23.4 Å². The van der Waals surface area contributed by atoms with E-state index in [0.717, 1.165) is 32.5 Å². The van der Waals surface area contributed by atoms with E-state index in [2.05, 4.69) is 22.0 Å². The third-order valence-corrected chi connectivity index (χ3v) is 5.64. The fourth-order valence-corrected chi connectivity index (χ4v) is 4.13. The molecule has 1 aromatic heterocycles. The Labute approximate surface area is 177 Å². The van der Waals surface area contributed by atoms with Crippen molar-refractivity contribution in [2.75, 3.05) is 7.11 Å². The third kappa shape index (κ3) is 3.15. The minimum absolute atomic E-state index is 0.0882. The maximum Gasteiger partial charge on any atom is 0.229 e. The molecule has 6 nitrogen and oxygen atoms in total. The first-order valence-corrected chi connectivity index (χ1v) is 9.81. The number of fused-ring (bicyclic) bond motifs is 1. The van der Waals surface area contributed by atoms with Gasteiger partial charge in [0.05, 0.1) is 34.4 Å². The summed E-state index contributed by atoms with van der Waals surface area (Å²) in [5.41, 5.74) is 11.0. The molecule has 0 amide bonds. The van der Waals surface area contributed by atoms with Crippen LogP contribution in [-0.4, -0.2) is 16.9 Å². The molecular weight excluding hydrogens is 432 g/mol. The summed E-state index contributed by atoms with van der Waals surface area (Å²) >= 11 is 3.53. The highest BCUT2D eigenvalue weighted by molar-refractivity contribution is 9.10. The van der Waals surface area contributed by atoms with Gasteiger partial charge in [-0.05, 0) is 59.6 Å². The number of nitriles is 1. The topological polar surface area (TPSA) is 86.1 Å². The van der Waals surface area contributed by atoms with E-state index in [1.807, 2.05) is 56.3 Å². The zero-order valence-corrected chi connectivity index (χ0v) is 17.8. The molecule has 29 heavy (non-hydrogen) atoms. The van der Waals surface area contributed by atoms with E-state index in [1.54, 1.807) is 11.8 Å². The van der Waals surface area contributed by atoms with Crippen LogP contribution in [-0.2, 0) is 0 Å². The highest BCUT2D eigenvalue weighted by Crippen LogP contribution is 2.45. The zero-order valence-electron chi connectivity index (χ0n) is 16.2. The number of halogens is 1. The monoisotopic (exact) mass is 450 g/mol. The SMILES string of the molecule is COc1ccc(C2C(C#N)=C(N)Oc3c2c(C)nn3-c2ccc(C)cc2)cc1Br. The van der Waals surface area contributed by atoms with Gasteiger partial charge in [-0.15, -0.1) is 0 Å². The summed E-state index contributed by atoms with van der Waals surface area (Å²) in [4.78, 5) is 0.